The fraction of sp³-hybridized carbons (Fsp3) is 0.182. The molecule has 76 valence electrons. The highest BCUT2D eigenvalue weighted by Gasteiger charge is 1.94. The van der Waals surface area contributed by atoms with Crippen LogP contribution < -0.4 is 11.1 Å². The van der Waals surface area contributed by atoms with E-state index in [1.807, 2.05) is 6.08 Å². The summed E-state index contributed by atoms with van der Waals surface area (Å²) in [4.78, 5) is 3.98. The fourth-order valence-electron chi connectivity index (χ4n) is 0.846. The summed E-state index contributed by atoms with van der Waals surface area (Å²) in [5.74, 6) is 0.562. The lowest BCUT2D eigenvalue weighted by molar-refractivity contribution is 0.837. The van der Waals surface area contributed by atoms with E-state index in [4.69, 9.17) is 5.73 Å². The Morgan fingerprint density at radius 2 is 2.07 bits per heavy atom. The molecule has 0 radical (unpaired) electrons. The average molecular weight is 191 g/mol. The van der Waals surface area contributed by atoms with Crippen molar-refractivity contribution >= 4 is 6.21 Å². The van der Waals surface area contributed by atoms with Crippen LogP contribution in [-0.2, 0) is 0 Å². The van der Waals surface area contributed by atoms with Gasteiger partial charge in [-0.2, -0.15) is 0 Å². The van der Waals surface area contributed by atoms with E-state index >= 15 is 0 Å². The molecule has 0 amide bonds. The van der Waals surface area contributed by atoms with Gasteiger partial charge < -0.3 is 11.1 Å². The van der Waals surface area contributed by atoms with Crippen LogP contribution in [0.5, 0.6) is 0 Å². The highest BCUT2D eigenvalue weighted by atomic mass is 15.0. The van der Waals surface area contributed by atoms with E-state index in [1.54, 1.807) is 18.4 Å². The minimum atomic E-state index is 0.562. The summed E-state index contributed by atoms with van der Waals surface area (Å²) < 4.78 is 0. The predicted molar refractivity (Wildman–Crippen MR) is 62.9 cm³/mol. The topological polar surface area (TPSA) is 50.4 Å². The molecule has 0 aromatic carbocycles. The lowest BCUT2D eigenvalue weighted by atomic mass is 10.3. The number of nitrogens with zero attached hydrogens (tertiary/aromatic N) is 1. The number of hydrogen-bond acceptors (Lipinski definition) is 3. The first-order chi connectivity index (χ1) is 6.74. The van der Waals surface area contributed by atoms with Crippen molar-refractivity contribution in [1.29, 1.82) is 0 Å². The monoisotopic (exact) mass is 191 g/mol. The Morgan fingerprint density at radius 1 is 1.36 bits per heavy atom. The second kappa shape index (κ2) is 8.01. The summed E-state index contributed by atoms with van der Waals surface area (Å²) in [7, 11) is 0. The smallest absolute Gasteiger partial charge is 0.122 e. The number of allylic oxidation sites excluding steroid dienone is 3. The Labute approximate surface area is 85.4 Å². The molecule has 14 heavy (non-hydrogen) atoms. The Balaban J connectivity index is 4.22. The Hall–Kier alpha value is -1.61. The van der Waals surface area contributed by atoms with Gasteiger partial charge in [0.1, 0.15) is 5.82 Å². The van der Waals surface area contributed by atoms with Crippen molar-refractivity contribution in [2.24, 2.45) is 10.7 Å². The molecule has 0 fully saturated rings. The van der Waals surface area contributed by atoms with Crippen molar-refractivity contribution in [1.82, 2.24) is 5.32 Å². The van der Waals surface area contributed by atoms with Crippen LogP contribution >= 0.6 is 0 Å². The van der Waals surface area contributed by atoms with Gasteiger partial charge in [0.25, 0.3) is 0 Å². The van der Waals surface area contributed by atoms with Crippen LogP contribution in [0.1, 0.15) is 6.42 Å². The van der Waals surface area contributed by atoms with Gasteiger partial charge in [-0.1, -0.05) is 31.9 Å². The van der Waals surface area contributed by atoms with E-state index in [-0.39, 0.29) is 0 Å². The van der Waals surface area contributed by atoms with E-state index in [0.717, 1.165) is 12.1 Å². The molecule has 0 rings (SSSR count). The molecule has 3 heteroatoms. The van der Waals surface area contributed by atoms with Crippen molar-refractivity contribution < 1.29 is 0 Å². The van der Waals surface area contributed by atoms with Crippen molar-refractivity contribution in [3.63, 3.8) is 0 Å². The van der Waals surface area contributed by atoms with Gasteiger partial charge in [0.05, 0.1) is 0 Å². The number of nitrogens with one attached hydrogen (secondary N) is 1. The third-order valence-corrected chi connectivity index (χ3v) is 1.37. The summed E-state index contributed by atoms with van der Waals surface area (Å²) in [5.41, 5.74) is 6.39. The zero-order valence-corrected chi connectivity index (χ0v) is 8.37. The SMILES string of the molecule is C=C/C=N\C(=C)N/C(=C/C=C)CCN. The number of nitrogens with two attached hydrogens (primary N) is 1. The van der Waals surface area contributed by atoms with Crippen LogP contribution in [0.25, 0.3) is 0 Å². The summed E-state index contributed by atoms with van der Waals surface area (Å²) >= 11 is 0. The molecule has 0 unspecified atom stereocenters. The average Bonchev–Trinajstić information content (AvgIpc) is 2.15. The van der Waals surface area contributed by atoms with E-state index in [2.05, 4.69) is 30.0 Å². The molecule has 0 heterocycles. The zero-order chi connectivity index (χ0) is 10.8. The van der Waals surface area contributed by atoms with Crippen LogP contribution in [0.15, 0.2) is 54.5 Å². The molecule has 0 saturated carbocycles. The first-order valence-electron chi connectivity index (χ1n) is 4.37. The highest BCUT2D eigenvalue weighted by molar-refractivity contribution is 5.71. The molecule has 0 atom stereocenters. The minimum absolute atomic E-state index is 0.562. The summed E-state index contributed by atoms with van der Waals surface area (Å²) in [6.45, 7) is 11.4. The van der Waals surface area contributed by atoms with Gasteiger partial charge in [-0.25, -0.2) is 4.99 Å². The van der Waals surface area contributed by atoms with E-state index in [1.165, 1.54) is 0 Å². The summed E-state index contributed by atoms with van der Waals surface area (Å²) in [5, 5.41) is 3.02. The van der Waals surface area contributed by atoms with Crippen molar-refractivity contribution in [2.75, 3.05) is 6.54 Å². The maximum atomic E-state index is 5.44. The van der Waals surface area contributed by atoms with Crippen LogP contribution in [0, 0.1) is 0 Å². The Morgan fingerprint density at radius 3 is 2.57 bits per heavy atom. The highest BCUT2D eigenvalue weighted by Crippen LogP contribution is 1.99. The molecule has 3 N–H and O–H groups in total. The molecule has 0 aromatic rings. The van der Waals surface area contributed by atoms with Gasteiger partial charge in [-0.05, 0) is 19.0 Å². The number of aliphatic imine (C=N–C) groups is 1. The maximum Gasteiger partial charge on any atom is 0.122 e. The third kappa shape index (κ3) is 5.97. The summed E-state index contributed by atoms with van der Waals surface area (Å²) in [6, 6.07) is 0. The Kier molecular flexibility index (Phi) is 7.09. The van der Waals surface area contributed by atoms with Crippen LogP contribution in [0.2, 0.25) is 0 Å². The van der Waals surface area contributed by atoms with Crippen molar-refractivity contribution in [2.45, 2.75) is 6.42 Å². The van der Waals surface area contributed by atoms with Crippen LogP contribution in [0.4, 0.5) is 0 Å². The quantitative estimate of drug-likeness (QED) is 0.475. The van der Waals surface area contributed by atoms with Gasteiger partial charge in [0, 0.05) is 11.9 Å². The normalized spacial score (nSPS) is 11.4. The van der Waals surface area contributed by atoms with Gasteiger partial charge in [-0.15, -0.1) is 0 Å². The first-order valence-corrected chi connectivity index (χ1v) is 4.37. The number of hydrogen-bond donors (Lipinski definition) is 2. The van der Waals surface area contributed by atoms with Gasteiger partial charge >= 0.3 is 0 Å². The van der Waals surface area contributed by atoms with Gasteiger partial charge in [0.2, 0.25) is 0 Å². The third-order valence-electron chi connectivity index (χ3n) is 1.37. The standard InChI is InChI=1S/C11H17N3/c1-4-6-11(7-8-12)14-10(3)13-9-5-2/h4-6,9,14H,1-3,7-8,12H2/b11-6+,13-9-. The largest absolute Gasteiger partial charge is 0.344 e. The molecule has 0 aliphatic rings. The molecule has 0 aliphatic heterocycles. The van der Waals surface area contributed by atoms with Crippen molar-refractivity contribution in [3.05, 3.63) is 49.5 Å². The van der Waals surface area contributed by atoms with Gasteiger partial charge in [0.15, 0.2) is 0 Å². The number of rotatable bonds is 7. The van der Waals surface area contributed by atoms with E-state index in [9.17, 15) is 0 Å². The first kappa shape index (κ1) is 12.4. The van der Waals surface area contributed by atoms with Gasteiger partial charge in [-0.3, -0.25) is 0 Å². The van der Waals surface area contributed by atoms with E-state index < -0.39 is 0 Å². The molecule has 0 bridgehead atoms. The molecular weight excluding hydrogens is 174 g/mol. The zero-order valence-electron chi connectivity index (χ0n) is 8.37. The maximum absolute atomic E-state index is 5.44. The molecular formula is C11H17N3. The fourth-order valence-corrected chi connectivity index (χ4v) is 0.846. The molecule has 3 nitrogen and oxygen atoms in total. The molecule has 0 aliphatic carbocycles. The summed E-state index contributed by atoms with van der Waals surface area (Å²) in [6.07, 6.45) is 7.45. The predicted octanol–water partition coefficient (Wildman–Crippen LogP) is 1.72. The van der Waals surface area contributed by atoms with Crippen molar-refractivity contribution in [3.8, 4) is 0 Å². The lowest BCUT2D eigenvalue weighted by Gasteiger charge is -2.08. The second-order valence-electron chi connectivity index (χ2n) is 2.55. The van der Waals surface area contributed by atoms with Crippen LogP contribution in [0.3, 0.4) is 0 Å². The molecule has 0 saturated heterocycles. The molecule has 0 spiro atoms. The Bertz CT molecular complexity index is 262. The molecule has 0 aromatic heterocycles. The lowest BCUT2D eigenvalue weighted by Crippen LogP contribution is -2.14. The van der Waals surface area contributed by atoms with E-state index in [0.29, 0.717) is 12.4 Å². The second-order valence-corrected chi connectivity index (χ2v) is 2.55. The van der Waals surface area contributed by atoms with Crippen LogP contribution in [-0.4, -0.2) is 12.8 Å². The minimum Gasteiger partial charge on any atom is -0.344 e.